The topological polar surface area (TPSA) is 77.3 Å². The monoisotopic (exact) mass is 307 g/mol. The Morgan fingerprint density at radius 2 is 2.14 bits per heavy atom. The normalized spacial score (nSPS) is 12.1. The van der Waals surface area contributed by atoms with Gasteiger partial charge in [-0.2, -0.15) is 0 Å². The number of aromatic nitrogens is 1. The van der Waals surface area contributed by atoms with Gasteiger partial charge in [-0.25, -0.2) is 4.98 Å². The molecule has 1 aromatic carbocycles. The first-order valence-corrected chi connectivity index (χ1v) is 7.47. The van der Waals surface area contributed by atoms with E-state index in [-0.39, 0.29) is 11.7 Å². The fourth-order valence-corrected chi connectivity index (χ4v) is 2.59. The molecule has 6 nitrogen and oxygen atoms in total. The van der Waals surface area contributed by atoms with Gasteiger partial charge in [-0.05, 0) is 26.0 Å². The molecule has 1 aromatic heterocycles. The summed E-state index contributed by atoms with van der Waals surface area (Å²) in [5, 5.41) is 16.9. The third-order valence-corrected chi connectivity index (χ3v) is 4.02. The molecule has 0 saturated carbocycles. The predicted octanol–water partition coefficient (Wildman–Crippen LogP) is 3.09. The van der Waals surface area contributed by atoms with E-state index in [0.717, 1.165) is 10.7 Å². The van der Waals surface area contributed by atoms with Gasteiger partial charge in [0.1, 0.15) is 17.4 Å². The molecule has 2 rings (SSSR count). The molecule has 0 saturated heterocycles. The number of nitrogens with one attached hydrogen (secondary N) is 1. The first-order valence-electron chi connectivity index (χ1n) is 6.59. The van der Waals surface area contributed by atoms with Crippen LogP contribution in [0.3, 0.4) is 0 Å². The van der Waals surface area contributed by atoms with Crippen LogP contribution in [-0.4, -0.2) is 23.1 Å². The third kappa shape index (κ3) is 4.51. The summed E-state index contributed by atoms with van der Waals surface area (Å²) in [5.74, 6) is 0.625. The number of thiazole rings is 1. The number of rotatable bonds is 7. The number of hydrogen-bond donors (Lipinski definition) is 1. The lowest BCUT2D eigenvalue weighted by molar-refractivity contribution is -0.384. The van der Waals surface area contributed by atoms with Gasteiger partial charge in [0.25, 0.3) is 5.69 Å². The van der Waals surface area contributed by atoms with Gasteiger partial charge in [-0.1, -0.05) is 0 Å². The maximum Gasteiger partial charge on any atom is 0.269 e. The summed E-state index contributed by atoms with van der Waals surface area (Å²) in [5.41, 5.74) is 1.10. The van der Waals surface area contributed by atoms with Crippen molar-refractivity contribution in [2.75, 3.05) is 13.2 Å². The highest BCUT2D eigenvalue weighted by molar-refractivity contribution is 7.09. The van der Waals surface area contributed by atoms with Crippen LogP contribution in [0.25, 0.3) is 0 Å². The van der Waals surface area contributed by atoms with Crippen LogP contribution >= 0.6 is 11.3 Å². The largest absolute Gasteiger partial charge is 0.492 e. The van der Waals surface area contributed by atoms with Crippen molar-refractivity contribution >= 4 is 17.0 Å². The van der Waals surface area contributed by atoms with E-state index in [2.05, 4.69) is 17.2 Å². The molecule has 0 aliphatic carbocycles. The molecule has 21 heavy (non-hydrogen) atoms. The Morgan fingerprint density at radius 3 is 2.71 bits per heavy atom. The van der Waals surface area contributed by atoms with Crippen LogP contribution in [0.4, 0.5) is 5.69 Å². The smallest absolute Gasteiger partial charge is 0.269 e. The molecular weight excluding hydrogens is 290 g/mol. The molecule has 1 N–H and O–H groups in total. The molecule has 0 fully saturated rings. The zero-order valence-electron chi connectivity index (χ0n) is 11.9. The minimum atomic E-state index is -0.428. The molecule has 0 bridgehead atoms. The number of aryl methyl sites for hydroxylation is 1. The number of non-ortho nitro benzene ring substituents is 1. The average molecular weight is 307 g/mol. The Labute approximate surface area is 126 Å². The lowest BCUT2D eigenvalue weighted by Gasteiger charge is -2.11. The van der Waals surface area contributed by atoms with E-state index >= 15 is 0 Å². The fourth-order valence-electron chi connectivity index (χ4n) is 1.77. The summed E-state index contributed by atoms with van der Waals surface area (Å²) in [7, 11) is 0. The summed E-state index contributed by atoms with van der Waals surface area (Å²) < 4.78 is 5.53. The molecule has 0 spiro atoms. The van der Waals surface area contributed by atoms with E-state index in [4.69, 9.17) is 4.74 Å². The van der Waals surface area contributed by atoms with Gasteiger partial charge in [-0.15, -0.1) is 11.3 Å². The van der Waals surface area contributed by atoms with Crippen molar-refractivity contribution in [2.24, 2.45) is 0 Å². The van der Waals surface area contributed by atoms with Gasteiger partial charge in [-0.3, -0.25) is 10.1 Å². The maximum atomic E-state index is 10.5. The van der Waals surface area contributed by atoms with Crippen LogP contribution in [0.1, 0.15) is 23.7 Å². The van der Waals surface area contributed by atoms with E-state index in [1.165, 1.54) is 12.1 Å². The molecule has 0 aliphatic rings. The Morgan fingerprint density at radius 1 is 1.43 bits per heavy atom. The van der Waals surface area contributed by atoms with Crippen molar-refractivity contribution in [3.8, 4) is 5.75 Å². The van der Waals surface area contributed by atoms with Crippen LogP contribution in [0, 0.1) is 17.0 Å². The molecular formula is C14H17N3O3S. The summed E-state index contributed by atoms with van der Waals surface area (Å²) in [4.78, 5) is 14.5. The van der Waals surface area contributed by atoms with Gasteiger partial charge in [0.2, 0.25) is 0 Å². The molecule has 0 aliphatic heterocycles. The standard InChI is InChI=1S/C14H17N3O3S/c1-10-9-21-14(16-10)11(2)15-7-8-20-13-5-3-12(4-6-13)17(18)19/h3-6,9,11,15H,7-8H2,1-2H3. The minimum absolute atomic E-state index is 0.0632. The van der Waals surface area contributed by atoms with Gasteiger partial charge in [0.05, 0.1) is 11.0 Å². The Balaban J connectivity index is 1.73. The second-order valence-electron chi connectivity index (χ2n) is 4.60. The van der Waals surface area contributed by atoms with Crippen LogP contribution in [-0.2, 0) is 0 Å². The lowest BCUT2D eigenvalue weighted by Crippen LogP contribution is -2.24. The molecule has 1 atom stereocenters. The zero-order chi connectivity index (χ0) is 15.2. The van der Waals surface area contributed by atoms with Crippen molar-refractivity contribution in [3.63, 3.8) is 0 Å². The van der Waals surface area contributed by atoms with Gasteiger partial charge >= 0.3 is 0 Å². The number of ether oxygens (including phenoxy) is 1. The van der Waals surface area contributed by atoms with Crippen molar-refractivity contribution < 1.29 is 9.66 Å². The number of hydrogen-bond acceptors (Lipinski definition) is 6. The Hall–Kier alpha value is -1.99. The van der Waals surface area contributed by atoms with Crippen molar-refractivity contribution in [1.82, 2.24) is 10.3 Å². The van der Waals surface area contributed by atoms with E-state index in [0.29, 0.717) is 18.9 Å². The van der Waals surface area contributed by atoms with Gasteiger partial charge in [0.15, 0.2) is 0 Å². The highest BCUT2D eigenvalue weighted by Crippen LogP contribution is 2.18. The summed E-state index contributed by atoms with van der Waals surface area (Å²) in [6.45, 7) is 5.21. The Bertz CT molecular complexity index is 598. The molecule has 112 valence electrons. The predicted molar refractivity (Wildman–Crippen MR) is 81.9 cm³/mol. The van der Waals surface area contributed by atoms with E-state index < -0.39 is 4.92 Å². The molecule has 7 heteroatoms. The number of nitrogens with zero attached hydrogens (tertiary/aromatic N) is 2. The molecule has 2 aromatic rings. The molecule has 1 heterocycles. The fraction of sp³-hybridized carbons (Fsp3) is 0.357. The lowest BCUT2D eigenvalue weighted by atomic mass is 10.3. The first kappa shape index (κ1) is 15.4. The van der Waals surface area contributed by atoms with E-state index in [9.17, 15) is 10.1 Å². The highest BCUT2D eigenvalue weighted by atomic mass is 32.1. The number of benzene rings is 1. The summed E-state index contributed by atoms with van der Waals surface area (Å²) in [6, 6.07) is 6.26. The Kier molecular flexibility index (Phi) is 5.24. The first-order chi connectivity index (χ1) is 10.1. The van der Waals surface area contributed by atoms with Crippen LogP contribution in [0.15, 0.2) is 29.6 Å². The summed E-state index contributed by atoms with van der Waals surface area (Å²) >= 11 is 1.64. The average Bonchev–Trinajstić information content (AvgIpc) is 2.90. The van der Waals surface area contributed by atoms with E-state index in [1.54, 1.807) is 23.5 Å². The van der Waals surface area contributed by atoms with E-state index in [1.807, 2.05) is 12.3 Å². The SMILES string of the molecule is Cc1csc(C(C)NCCOc2ccc([N+](=O)[O-])cc2)n1. The number of nitro benzene ring substituents is 1. The van der Waals surface area contributed by atoms with Crippen LogP contribution in [0.5, 0.6) is 5.75 Å². The number of nitro groups is 1. The second-order valence-corrected chi connectivity index (χ2v) is 5.49. The highest BCUT2D eigenvalue weighted by Gasteiger charge is 2.08. The third-order valence-electron chi connectivity index (χ3n) is 2.88. The van der Waals surface area contributed by atoms with Crippen LogP contribution < -0.4 is 10.1 Å². The van der Waals surface area contributed by atoms with Crippen molar-refractivity contribution in [3.05, 3.63) is 50.5 Å². The van der Waals surface area contributed by atoms with Gasteiger partial charge < -0.3 is 10.1 Å². The quantitative estimate of drug-likeness (QED) is 0.483. The van der Waals surface area contributed by atoms with Crippen molar-refractivity contribution in [1.29, 1.82) is 0 Å². The molecule has 0 amide bonds. The minimum Gasteiger partial charge on any atom is -0.492 e. The van der Waals surface area contributed by atoms with Crippen LogP contribution in [0.2, 0.25) is 0 Å². The zero-order valence-corrected chi connectivity index (χ0v) is 12.7. The maximum absolute atomic E-state index is 10.5. The molecule has 0 radical (unpaired) electrons. The van der Waals surface area contributed by atoms with Gasteiger partial charge in [0, 0.05) is 29.8 Å². The van der Waals surface area contributed by atoms with Crippen molar-refractivity contribution in [2.45, 2.75) is 19.9 Å². The second kappa shape index (κ2) is 7.14. The summed E-state index contributed by atoms with van der Waals surface area (Å²) in [6.07, 6.45) is 0. The molecule has 1 unspecified atom stereocenters.